The first-order valence-electron chi connectivity index (χ1n) is 7.02. The molecule has 0 saturated carbocycles. The van der Waals surface area contributed by atoms with Crippen LogP contribution in [0.2, 0.25) is 0 Å². The lowest BCUT2D eigenvalue weighted by molar-refractivity contribution is 0.121. The Morgan fingerprint density at radius 1 is 1.35 bits per heavy atom. The van der Waals surface area contributed by atoms with Crippen LogP contribution in [0.15, 0.2) is 0 Å². The number of aromatic nitrogens is 2. The SMILES string of the molecule is CC(CNC(C)(C)C)Oc1nsnc1N1CCOCC1. The van der Waals surface area contributed by atoms with Gasteiger partial charge in [0.25, 0.3) is 5.88 Å². The zero-order valence-electron chi connectivity index (χ0n) is 12.7. The van der Waals surface area contributed by atoms with E-state index in [-0.39, 0.29) is 11.6 Å². The highest BCUT2D eigenvalue weighted by molar-refractivity contribution is 6.99. The molecular weight excluding hydrogens is 276 g/mol. The molecule has 0 spiro atoms. The van der Waals surface area contributed by atoms with E-state index in [0.29, 0.717) is 5.88 Å². The van der Waals surface area contributed by atoms with E-state index in [0.717, 1.165) is 38.7 Å². The summed E-state index contributed by atoms with van der Waals surface area (Å²) in [5.74, 6) is 1.49. The van der Waals surface area contributed by atoms with Crippen LogP contribution in [0.1, 0.15) is 27.7 Å². The summed E-state index contributed by atoms with van der Waals surface area (Å²) in [4.78, 5) is 2.17. The van der Waals surface area contributed by atoms with Gasteiger partial charge < -0.3 is 19.7 Å². The Morgan fingerprint density at radius 3 is 2.70 bits per heavy atom. The quantitative estimate of drug-likeness (QED) is 0.890. The molecule has 20 heavy (non-hydrogen) atoms. The second kappa shape index (κ2) is 6.69. The molecule has 1 atom stereocenters. The first kappa shape index (κ1) is 15.5. The summed E-state index contributed by atoms with van der Waals surface area (Å²) in [5.41, 5.74) is 0.0883. The van der Waals surface area contributed by atoms with E-state index in [2.05, 4.69) is 39.7 Å². The lowest BCUT2D eigenvalue weighted by Gasteiger charge is -2.28. The number of hydrogen-bond donors (Lipinski definition) is 1. The summed E-state index contributed by atoms with van der Waals surface area (Å²) >= 11 is 1.20. The van der Waals surface area contributed by atoms with E-state index < -0.39 is 0 Å². The van der Waals surface area contributed by atoms with E-state index in [1.807, 2.05) is 6.92 Å². The standard InChI is InChI=1S/C13H24N4O2S/c1-10(9-14-13(2,3)4)19-12-11(15-20-16-12)17-5-7-18-8-6-17/h10,14H,5-9H2,1-4H3. The Hall–Kier alpha value is -0.920. The van der Waals surface area contributed by atoms with Crippen LogP contribution in [-0.4, -0.2) is 53.2 Å². The van der Waals surface area contributed by atoms with Crippen LogP contribution >= 0.6 is 11.7 Å². The van der Waals surface area contributed by atoms with Gasteiger partial charge in [-0.15, -0.1) is 4.37 Å². The molecule has 1 aromatic heterocycles. The monoisotopic (exact) mass is 300 g/mol. The summed E-state index contributed by atoms with van der Waals surface area (Å²) < 4.78 is 19.9. The van der Waals surface area contributed by atoms with Crippen molar-refractivity contribution in [2.24, 2.45) is 0 Å². The van der Waals surface area contributed by atoms with Crippen LogP contribution in [0.4, 0.5) is 5.82 Å². The maximum Gasteiger partial charge on any atom is 0.271 e. The summed E-state index contributed by atoms with van der Waals surface area (Å²) in [7, 11) is 0. The molecule has 0 aliphatic carbocycles. The van der Waals surface area contributed by atoms with E-state index in [9.17, 15) is 0 Å². The fourth-order valence-electron chi connectivity index (χ4n) is 1.90. The van der Waals surface area contributed by atoms with E-state index in [1.165, 1.54) is 11.7 Å². The second-order valence-electron chi connectivity index (χ2n) is 6.05. The number of nitrogens with one attached hydrogen (secondary N) is 1. The number of morpholine rings is 1. The Balaban J connectivity index is 1.91. The number of ether oxygens (including phenoxy) is 2. The Morgan fingerprint density at radius 2 is 2.05 bits per heavy atom. The van der Waals surface area contributed by atoms with Gasteiger partial charge in [0.2, 0.25) is 5.82 Å². The molecule has 1 aliphatic rings. The number of nitrogens with zero attached hydrogens (tertiary/aromatic N) is 3. The zero-order chi connectivity index (χ0) is 14.6. The maximum atomic E-state index is 5.93. The van der Waals surface area contributed by atoms with Gasteiger partial charge in [-0.3, -0.25) is 0 Å². The summed E-state index contributed by atoms with van der Waals surface area (Å²) in [6, 6.07) is 0. The minimum atomic E-state index is 0.0536. The molecule has 2 heterocycles. The molecule has 6 nitrogen and oxygen atoms in total. The van der Waals surface area contributed by atoms with Crippen molar-refractivity contribution in [2.75, 3.05) is 37.7 Å². The third kappa shape index (κ3) is 4.57. The number of anilines is 1. The lowest BCUT2D eigenvalue weighted by Crippen LogP contribution is -2.42. The molecule has 0 amide bonds. The van der Waals surface area contributed by atoms with Crippen molar-refractivity contribution in [3.05, 3.63) is 0 Å². The highest BCUT2D eigenvalue weighted by Crippen LogP contribution is 2.27. The molecule has 114 valence electrons. The predicted molar refractivity (Wildman–Crippen MR) is 80.8 cm³/mol. The van der Waals surface area contributed by atoms with Crippen LogP contribution in [0.5, 0.6) is 5.88 Å². The fourth-order valence-corrected chi connectivity index (χ4v) is 2.41. The van der Waals surface area contributed by atoms with Crippen LogP contribution in [0.25, 0.3) is 0 Å². The minimum Gasteiger partial charge on any atom is -0.470 e. The molecule has 1 aliphatic heterocycles. The molecule has 1 saturated heterocycles. The Bertz CT molecular complexity index is 413. The first-order valence-corrected chi connectivity index (χ1v) is 7.76. The fraction of sp³-hybridized carbons (Fsp3) is 0.846. The molecule has 1 aromatic rings. The highest BCUT2D eigenvalue weighted by atomic mass is 32.1. The van der Waals surface area contributed by atoms with E-state index in [1.54, 1.807) is 0 Å². The van der Waals surface area contributed by atoms with Gasteiger partial charge in [0.1, 0.15) is 6.10 Å². The molecule has 2 rings (SSSR count). The summed E-state index contributed by atoms with van der Waals surface area (Å²) in [5, 5.41) is 3.43. The first-order chi connectivity index (χ1) is 9.46. The summed E-state index contributed by atoms with van der Waals surface area (Å²) in [6.07, 6.45) is 0.0536. The minimum absolute atomic E-state index is 0.0536. The topological polar surface area (TPSA) is 59.5 Å². The average molecular weight is 300 g/mol. The highest BCUT2D eigenvalue weighted by Gasteiger charge is 2.21. The zero-order valence-corrected chi connectivity index (χ0v) is 13.5. The lowest BCUT2D eigenvalue weighted by atomic mass is 10.1. The maximum absolute atomic E-state index is 5.93. The predicted octanol–water partition coefficient (Wildman–Crippen LogP) is 1.53. The van der Waals surface area contributed by atoms with Crippen LogP contribution in [-0.2, 0) is 4.74 Å². The van der Waals surface area contributed by atoms with Crippen molar-refractivity contribution in [3.8, 4) is 5.88 Å². The summed E-state index contributed by atoms with van der Waals surface area (Å²) in [6.45, 7) is 12.4. The van der Waals surface area contributed by atoms with Crippen molar-refractivity contribution in [1.29, 1.82) is 0 Å². The molecule has 0 aromatic carbocycles. The van der Waals surface area contributed by atoms with Gasteiger partial charge in [-0.2, -0.15) is 4.37 Å². The molecule has 7 heteroatoms. The third-order valence-corrected chi connectivity index (χ3v) is 3.49. The molecule has 1 fully saturated rings. The molecule has 0 radical (unpaired) electrons. The molecular formula is C13H24N4O2S. The Kier molecular flexibility index (Phi) is 5.17. The average Bonchev–Trinajstić information content (AvgIpc) is 2.85. The molecule has 1 N–H and O–H groups in total. The molecule has 0 bridgehead atoms. The van der Waals surface area contributed by atoms with Crippen molar-refractivity contribution in [1.82, 2.24) is 14.1 Å². The van der Waals surface area contributed by atoms with Crippen molar-refractivity contribution in [3.63, 3.8) is 0 Å². The van der Waals surface area contributed by atoms with Gasteiger partial charge in [0.15, 0.2) is 0 Å². The largest absolute Gasteiger partial charge is 0.470 e. The van der Waals surface area contributed by atoms with E-state index in [4.69, 9.17) is 9.47 Å². The second-order valence-corrected chi connectivity index (χ2v) is 6.58. The van der Waals surface area contributed by atoms with Crippen LogP contribution < -0.4 is 15.0 Å². The van der Waals surface area contributed by atoms with Gasteiger partial charge in [-0.25, -0.2) is 0 Å². The van der Waals surface area contributed by atoms with Crippen LogP contribution in [0, 0.1) is 0 Å². The number of rotatable bonds is 5. The van der Waals surface area contributed by atoms with Crippen molar-refractivity contribution < 1.29 is 9.47 Å². The van der Waals surface area contributed by atoms with Crippen molar-refractivity contribution >= 4 is 17.5 Å². The van der Waals surface area contributed by atoms with E-state index >= 15 is 0 Å². The van der Waals surface area contributed by atoms with Gasteiger partial charge in [0.05, 0.1) is 24.9 Å². The van der Waals surface area contributed by atoms with Crippen molar-refractivity contribution in [2.45, 2.75) is 39.3 Å². The smallest absolute Gasteiger partial charge is 0.271 e. The normalized spacial score (nSPS) is 18.1. The Labute approximate surface area is 124 Å². The van der Waals surface area contributed by atoms with Gasteiger partial charge in [0, 0.05) is 25.2 Å². The molecule has 1 unspecified atom stereocenters. The van der Waals surface area contributed by atoms with Gasteiger partial charge in [-0.1, -0.05) is 0 Å². The van der Waals surface area contributed by atoms with Crippen LogP contribution in [0.3, 0.4) is 0 Å². The van der Waals surface area contributed by atoms with Gasteiger partial charge >= 0.3 is 0 Å². The van der Waals surface area contributed by atoms with Gasteiger partial charge in [-0.05, 0) is 27.7 Å². The number of hydrogen-bond acceptors (Lipinski definition) is 7. The third-order valence-electron chi connectivity index (χ3n) is 2.99.